The lowest BCUT2D eigenvalue weighted by atomic mass is 10.1. The van der Waals surface area contributed by atoms with Gasteiger partial charge in [-0.3, -0.25) is 4.90 Å². The van der Waals surface area contributed by atoms with Crippen LogP contribution >= 0.6 is 0 Å². The van der Waals surface area contributed by atoms with Crippen molar-refractivity contribution < 1.29 is 0 Å². The molecule has 0 unspecified atom stereocenters. The lowest BCUT2D eigenvalue weighted by Crippen LogP contribution is -2.43. The Morgan fingerprint density at radius 3 is 2.74 bits per heavy atom. The molecule has 2 aromatic rings. The molecule has 1 fully saturated rings. The summed E-state index contributed by atoms with van der Waals surface area (Å²) in [6, 6.07) is 8.81. The quantitative estimate of drug-likeness (QED) is 0.865. The van der Waals surface area contributed by atoms with E-state index in [0.29, 0.717) is 6.54 Å². The number of benzene rings is 1. The summed E-state index contributed by atoms with van der Waals surface area (Å²) in [5.74, 6) is 0. The monoisotopic (exact) mass is 258 g/mol. The number of piperazine rings is 1. The summed E-state index contributed by atoms with van der Waals surface area (Å²) in [6.07, 6.45) is 0. The maximum absolute atomic E-state index is 5.72. The van der Waals surface area contributed by atoms with Crippen LogP contribution in [-0.2, 0) is 20.1 Å². The van der Waals surface area contributed by atoms with Gasteiger partial charge in [-0.1, -0.05) is 12.1 Å². The van der Waals surface area contributed by atoms with Gasteiger partial charge in [-0.25, -0.2) is 0 Å². The van der Waals surface area contributed by atoms with Crippen molar-refractivity contribution in [2.75, 3.05) is 26.2 Å². The van der Waals surface area contributed by atoms with Crippen LogP contribution in [0.4, 0.5) is 0 Å². The second-order valence-corrected chi connectivity index (χ2v) is 5.32. The van der Waals surface area contributed by atoms with E-state index in [1.54, 1.807) is 0 Å². The van der Waals surface area contributed by atoms with Crippen LogP contribution in [0, 0.1) is 0 Å². The van der Waals surface area contributed by atoms with Gasteiger partial charge in [0.2, 0.25) is 0 Å². The summed E-state index contributed by atoms with van der Waals surface area (Å²) in [4.78, 5) is 2.51. The normalized spacial score (nSPS) is 17.2. The van der Waals surface area contributed by atoms with E-state index in [-0.39, 0.29) is 0 Å². The highest BCUT2D eigenvalue weighted by Crippen LogP contribution is 2.21. The van der Waals surface area contributed by atoms with Gasteiger partial charge in [0.15, 0.2) is 0 Å². The molecule has 1 aliphatic heterocycles. The van der Waals surface area contributed by atoms with Crippen LogP contribution in [0.5, 0.6) is 0 Å². The molecule has 0 saturated carbocycles. The summed E-state index contributed by atoms with van der Waals surface area (Å²) in [6.45, 7) is 6.10. The molecular weight excluding hydrogens is 236 g/mol. The van der Waals surface area contributed by atoms with E-state index in [1.807, 2.05) is 0 Å². The van der Waals surface area contributed by atoms with Crippen molar-refractivity contribution in [2.24, 2.45) is 12.8 Å². The number of fused-ring (bicyclic) bond motifs is 1. The SMILES string of the molecule is Cn1c(CN2CCNCC2)cc2ccc(CN)cc21. The average Bonchev–Trinajstić information content (AvgIpc) is 2.76. The van der Waals surface area contributed by atoms with E-state index in [0.717, 1.165) is 32.7 Å². The van der Waals surface area contributed by atoms with Gasteiger partial charge in [-0.15, -0.1) is 0 Å². The highest BCUT2D eigenvalue weighted by atomic mass is 15.2. The molecule has 1 aromatic heterocycles. The van der Waals surface area contributed by atoms with E-state index >= 15 is 0 Å². The maximum Gasteiger partial charge on any atom is 0.0483 e. The Bertz CT molecular complexity index is 567. The van der Waals surface area contributed by atoms with Crippen LogP contribution in [0.1, 0.15) is 11.3 Å². The largest absolute Gasteiger partial charge is 0.346 e. The third-order valence-electron chi connectivity index (χ3n) is 4.04. The molecule has 0 aliphatic carbocycles. The summed E-state index contributed by atoms with van der Waals surface area (Å²) in [7, 11) is 2.15. The molecule has 1 aromatic carbocycles. The van der Waals surface area contributed by atoms with Crippen LogP contribution < -0.4 is 11.1 Å². The first-order chi connectivity index (χ1) is 9.28. The fourth-order valence-electron chi connectivity index (χ4n) is 2.81. The molecule has 0 amide bonds. The third kappa shape index (κ3) is 2.52. The van der Waals surface area contributed by atoms with Gasteiger partial charge in [0.05, 0.1) is 0 Å². The van der Waals surface area contributed by atoms with E-state index in [2.05, 4.69) is 46.1 Å². The zero-order valence-electron chi connectivity index (χ0n) is 11.5. The van der Waals surface area contributed by atoms with Crippen LogP contribution in [0.25, 0.3) is 10.9 Å². The minimum absolute atomic E-state index is 0.605. The number of hydrogen-bond acceptors (Lipinski definition) is 3. The Morgan fingerprint density at radius 1 is 1.21 bits per heavy atom. The summed E-state index contributed by atoms with van der Waals surface area (Å²) < 4.78 is 2.30. The van der Waals surface area contributed by atoms with Crippen molar-refractivity contribution in [3.63, 3.8) is 0 Å². The number of nitrogens with one attached hydrogen (secondary N) is 1. The summed E-state index contributed by atoms with van der Waals surface area (Å²) >= 11 is 0. The zero-order chi connectivity index (χ0) is 13.2. The van der Waals surface area contributed by atoms with Crippen molar-refractivity contribution >= 4 is 10.9 Å². The predicted octanol–water partition coefficient (Wildman–Crippen LogP) is 1.04. The number of hydrogen-bond donors (Lipinski definition) is 2. The van der Waals surface area contributed by atoms with Crippen molar-refractivity contribution in [1.82, 2.24) is 14.8 Å². The minimum Gasteiger partial charge on any atom is -0.346 e. The number of nitrogens with zero attached hydrogens (tertiary/aromatic N) is 2. The van der Waals surface area contributed by atoms with Crippen molar-refractivity contribution in [2.45, 2.75) is 13.1 Å². The van der Waals surface area contributed by atoms with Gasteiger partial charge in [-0.05, 0) is 23.1 Å². The fourth-order valence-corrected chi connectivity index (χ4v) is 2.81. The summed E-state index contributed by atoms with van der Waals surface area (Å²) in [5.41, 5.74) is 9.59. The van der Waals surface area contributed by atoms with Gasteiger partial charge < -0.3 is 15.6 Å². The molecule has 4 heteroatoms. The smallest absolute Gasteiger partial charge is 0.0483 e. The molecule has 1 aliphatic rings. The second kappa shape index (κ2) is 5.33. The van der Waals surface area contributed by atoms with Gasteiger partial charge in [0.25, 0.3) is 0 Å². The van der Waals surface area contributed by atoms with Crippen molar-refractivity contribution in [3.8, 4) is 0 Å². The molecular formula is C15H22N4. The molecule has 2 heterocycles. The number of aromatic nitrogens is 1. The Morgan fingerprint density at radius 2 is 2.00 bits per heavy atom. The highest BCUT2D eigenvalue weighted by Gasteiger charge is 2.13. The number of nitrogens with two attached hydrogens (primary N) is 1. The first kappa shape index (κ1) is 12.7. The Kier molecular flexibility index (Phi) is 3.55. The zero-order valence-corrected chi connectivity index (χ0v) is 11.5. The minimum atomic E-state index is 0.605. The van der Waals surface area contributed by atoms with E-state index in [1.165, 1.54) is 22.2 Å². The molecule has 4 nitrogen and oxygen atoms in total. The van der Waals surface area contributed by atoms with Crippen LogP contribution in [0.3, 0.4) is 0 Å². The Balaban J connectivity index is 1.88. The van der Waals surface area contributed by atoms with Gasteiger partial charge in [0.1, 0.15) is 0 Å². The molecule has 0 bridgehead atoms. The van der Waals surface area contributed by atoms with Crippen molar-refractivity contribution in [1.29, 1.82) is 0 Å². The highest BCUT2D eigenvalue weighted by molar-refractivity contribution is 5.82. The fraction of sp³-hybridized carbons (Fsp3) is 0.467. The number of aryl methyl sites for hydroxylation is 1. The molecule has 0 atom stereocenters. The lowest BCUT2D eigenvalue weighted by Gasteiger charge is -2.27. The molecule has 3 N–H and O–H groups in total. The van der Waals surface area contributed by atoms with Crippen LogP contribution in [0.2, 0.25) is 0 Å². The number of rotatable bonds is 3. The lowest BCUT2D eigenvalue weighted by molar-refractivity contribution is 0.229. The van der Waals surface area contributed by atoms with Gasteiger partial charge in [0, 0.05) is 57.5 Å². The van der Waals surface area contributed by atoms with Crippen LogP contribution in [0.15, 0.2) is 24.3 Å². The maximum atomic E-state index is 5.72. The average molecular weight is 258 g/mol. The third-order valence-corrected chi connectivity index (χ3v) is 4.04. The molecule has 0 radical (unpaired) electrons. The second-order valence-electron chi connectivity index (χ2n) is 5.32. The molecule has 3 rings (SSSR count). The van der Waals surface area contributed by atoms with E-state index in [4.69, 9.17) is 5.73 Å². The topological polar surface area (TPSA) is 46.2 Å². The Hall–Kier alpha value is -1.36. The molecule has 19 heavy (non-hydrogen) atoms. The van der Waals surface area contributed by atoms with E-state index in [9.17, 15) is 0 Å². The Labute approximate surface area is 114 Å². The molecule has 0 spiro atoms. The first-order valence-corrected chi connectivity index (χ1v) is 6.98. The van der Waals surface area contributed by atoms with Crippen molar-refractivity contribution in [3.05, 3.63) is 35.5 Å². The van der Waals surface area contributed by atoms with Crippen LogP contribution in [-0.4, -0.2) is 35.6 Å². The molecule has 1 saturated heterocycles. The first-order valence-electron chi connectivity index (χ1n) is 6.98. The molecule has 102 valence electrons. The van der Waals surface area contributed by atoms with Gasteiger partial charge >= 0.3 is 0 Å². The van der Waals surface area contributed by atoms with Gasteiger partial charge in [-0.2, -0.15) is 0 Å². The summed E-state index contributed by atoms with van der Waals surface area (Å²) in [5, 5.41) is 4.70. The predicted molar refractivity (Wildman–Crippen MR) is 79.0 cm³/mol. The standard InChI is InChI=1S/C15H22N4/c1-18-14(11-19-6-4-17-5-7-19)9-13-3-2-12(10-16)8-15(13)18/h2-3,8-9,17H,4-7,10-11,16H2,1H3. The van der Waals surface area contributed by atoms with E-state index < -0.39 is 0 Å².